The molecule has 2 aliphatic carbocycles. The Morgan fingerprint density at radius 3 is 2.39 bits per heavy atom. The van der Waals surface area contributed by atoms with E-state index in [9.17, 15) is 4.79 Å². The van der Waals surface area contributed by atoms with Gasteiger partial charge in [-0.2, -0.15) is 4.98 Å². The molecule has 2 saturated carbocycles. The van der Waals surface area contributed by atoms with Crippen LogP contribution in [0.1, 0.15) is 70.1 Å². The SMILES string of the molecule is O=C(NC1CCCCC1)N(Cc1nc(-c2ccccc2)no1)C1CCCCC1. The van der Waals surface area contributed by atoms with Crippen molar-refractivity contribution in [1.29, 1.82) is 0 Å². The fourth-order valence-electron chi connectivity index (χ4n) is 4.43. The Hall–Kier alpha value is -2.37. The number of nitrogens with one attached hydrogen (secondary N) is 1. The first kappa shape index (κ1) is 19.0. The van der Waals surface area contributed by atoms with Gasteiger partial charge in [0.15, 0.2) is 0 Å². The normalized spacial score (nSPS) is 18.7. The van der Waals surface area contributed by atoms with E-state index >= 15 is 0 Å². The summed E-state index contributed by atoms with van der Waals surface area (Å²) in [7, 11) is 0. The van der Waals surface area contributed by atoms with Gasteiger partial charge in [0, 0.05) is 17.6 Å². The van der Waals surface area contributed by atoms with E-state index in [4.69, 9.17) is 4.52 Å². The van der Waals surface area contributed by atoms with E-state index in [1.165, 1.54) is 38.5 Å². The molecular weight excluding hydrogens is 352 g/mol. The Labute approximate surface area is 166 Å². The second-order valence-corrected chi connectivity index (χ2v) is 8.08. The summed E-state index contributed by atoms with van der Waals surface area (Å²) in [5.74, 6) is 1.08. The third kappa shape index (κ3) is 4.72. The highest BCUT2D eigenvalue weighted by molar-refractivity contribution is 5.75. The van der Waals surface area contributed by atoms with Gasteiger partial charge in [0.2, 0.25) is 11.7 Å². The molecule has 2 amide bonds. The number of rotatable bonds is 5. The van der Waals surface area contributed by atoms with E-state index in [0.29, 0.717) is 24.3 Å². The summed E-state index contributed by atoms with van der Waals surface area (Å²) in [6.07, 6.45) is 11.6. The monoisotopic (exact) mass is 382 g/mol. The van der Waals surface area contributed by atoms with Crippen molar-refractivity contribution < 1.29 is 9.32 Å². The number of urea groups is 1. The van der Waals surface area contributed by atoms with Crippen molar-refractivity contribution >= 4 is 6.03 Å². The molecule has 2 aliphatic rings. The van der Waals surface area contributed by atoms with E-state index in [0.717, 1.165) is 31.2 Å². The first-order chi connectivity index (χ1) is 13.8. The van der Waals surface area contributed by atoms with Gasteiger partial charge in [0.1, 0.15) is 6.54 Å². The number of benzene rings is 1. The fraction of sp³-hybridized carbons (Fsp3) is 0.591. The minimum absolute atomic E-state index is 0.0262. The van der Waals surface area contributed by atoms with Gasteiger partial charge in [-0.3, -0.25) is 0 Å². The van der Waals surface area contributed by atoms with Crippen LogP contribution in [0.5, 0.6) is 0 Å². The lowest BCUT2D eigenvalue weighted by Gasteiger charge is -2.35. The van der Waals surface area contributed by atoms with E-state index in [-0.39, 0.29) is 12.1 Å². The molecule has 1 heterocycles. The van der Waals surface area contributed by atoms with Crippen molar-refractivity contribution in [3.05, 3.63) is 36.2 Å². The zero-order valence-electron chi connectivity index (χ0n) is 16.5. The van der Waals surface area contributed by atoms with Crippen molar-refractivity contribution in [2.24, 2.45) is 0 Å². The molecule has 6 heteroatoms. The highest BCUT2D eigenvalue weighted by Gasteiger charge is 2.29. The molecule has 0 saturated heterocycles. The maximum absolute atomic E-state index is 13.1. The largest absolute Gasteiger partial charge is 0.337 e. The number of aromatic nitrogens is 2. The Morgan fingerprint density at radius 1 is 1.00 bits per heavy atom. The van der Waals surface area contributed by atoms with Gasteiger partial charge in [0.05, 0.1) is 0 Å². The Kier molecular flexibility index (Phi) is 6.24. The number of hydrogen-bond donors (Lipinski definition) is 1. The lowest BCUT2D eigenvalue weighted by atomic mass is 9.94. The van der Waals surface area contributed by atoms with Crippen molar-refractivity contribution in [2.75, 3.05) is 0 Å². The number of hydrogen-bond acceptors (Lipinski definition) is 4. The van der Waals surface area contributed by atoms with Gasteiger partial charge in [-0.15, -0.1) is 0 Å². The maximum Gasteiger partial charge on any atom is 0.318 e. The molecule has 0 atom stereocenters. The van der Waals surface area contributed by atoms with Gasteiger partial charge in [-0.05, 0) is 25.7 Å². The number of carbonyl (C=O) groups excluding carboxylic acids is 1. The van der Waals surface area contributed by atoms with Crippen LogP contribution in [0, 0.1) is 0 Å². The topological polar surface area (TPSA) is 71.3 Å². The molecule has 0 radical (unpaired) electrons. The molecule has 1 N–H and O–H groups in total. The number of carbonyl (C=O) groups is 1. The lowest BCUT2D eigenvalue weighted by molar-refractivity contribution is 0.136. The van der Waals surface area contributed by atoms with Gasteiger partial charge in [-0.1, -0.05) is 74.0 Å². The van der Waals surface area contributed by atoms with E-state index in [1.807, 2.05) is 35.2 Å². The van der Waals surface area contributed by atoms with E-state index < -0.39 is 0 Å². The summed E-state index contributed by atoms with van der Waals surface area (Å²) >= 11 is 0. The molecule has 0 bridgehead atoms. The summed E-state index contributed by atoms with van der Waals surface area (Å²) in [4.78, 5) is 19.6. The van der Waals surface area contributed by atoms with Gasteiger partial charge in [0.25, 0.3) is 0 Å². The van der Waals surface area contributed by atoms with E-state index in [1.54, 1.807) is 0 Å². The third-order valence-electron chi connectivity index (χ3n) is 6.01. The number of amides is 2. The first-order valence-corrected chi connectivity index (χ1v) is 10.7. The van der Waals surface area contributed by atoms with Crippen LogP contribution in [0.4, 0.5) is 4.79 Å². The van der Waals surface area contributed by atoms with Crippen LogP contribution in [0.15, 0.2) is 34.9 Å². The molecule has 2 fully saturated rings. The van der Waals surface area contributed by atoms with Gasteiger partial charge in [-0.25, -0.2) is 4.79 Å². The van der Waals surface area contributed by atoms with Crippen molar-refractivity contribution in [2.45, 2.75) is 82.8 Å². The molecule has 4 rings (SSSR count). The fourth-order valence-corrected chi connectivity index (χ4v) is 4.43. The average molecular weight is 383 g/mol. The summed E-state index contributed by atoms with van der Waals surface area (Å²) < 4.78 is 5.50. The molecule has 0 unspecified atom stereocenters. The van der Waals surface area contributed by atoms with Crippen LogP contribution in [0.3, 0.4) is 0 Å². The van der Waals surface area contributed by atoms with Crippen LogP contribution in [0.25, 0.3) is 11.4 Å². The molecule has 0 spiro atoms. The minimum Gasteiger partial charge on any atom is -0.337 e. The third-order valence-corrected chi connectivity index (χ3v) is 6.01. The van der Waals surface area contributed by atoms with Gasteiger partial charge < -0.3 is 14.7 Å². The van der Waals surface area contributed by atoms with Crippen LogP contribution in [-0.4, -0.2) is 33.2 Å². The predicted octanol–water partition coefficient (Wildman–Crippen LogP) is 4.91. The van der Waals surface area contributed by atoms with Crippen LogP contribution in [-0.2, 0) is 6.54 Å². The zero-order chi connectivity index (χ0) is 19.2. The van der Waals surface area contributed by atoms with Crippen molar-refractivity contribution in [3.63, 3.8) is 0 Å². The predicted molar refractivity (Wildman–Crippen MR) is 108 cm³/mol. The van der Waals surface area contributed by atoms with Crippen LogP contribution < -0.4 is 5.32 Å². The second kappa shape index (κ2) is 9.22. The smallest absolute Gasteiger partial charge is 0.318 e. The molecule has 1 aromatic carbocycles. The molecule has 0 aliphatic heterocycles. The van der Waals surface area contributed by atoms with Crippen LogP contribution in [0.2, 0.25) is 0 Å². The van der Waals surface area contributed by atoms with Crippen LogP contribution >= 0.6 is 0 Å². The first-order valence-electron chi connectivity index (χ1n) is 10.7. The Morgan fingerprint density at radius 2 is 1.68 bits per heavy atom. The summed E-state index contributed by atoms with van der Waals surface area (Å²) in [6, 6.07) is 10.4. The Balaban J connectivity index is 1.47. The lowest BCUT2D eigenvalue weighted by Crippen LogP contribution is -2.49. The summed E-state index contributed by atoms with van der Waals surface area (Å²) in [5.41, 5.74) is 0.924. The van der Waals surface area contributed by atoms with Gasteiger partial charge >= 0.3 is 6.03 Å². The highest BCUT2D eigenvalue weighted by Crippen LogP contribution is 2.25. The minimum atomic E-state index is 0.0262. The molecule has 1 aromatic heterocycles. The highest BCUT2D eigenvalue weighted by atomic mass is 16.5. The standard InChI is InChI=1S/C22H30N4O2/c27-22(23-18-12-6-2-7-13-18)26(19-14-8-3-9-15-19)16-20-24-21(25-28-20)17-10-4-1-5-11-17/h1,4-5,10-11,18-19H,2-3,6-9,12-16H2,(H,23,27). The molecular formula is C22H30N4O2. The second-order valence-electron chi connectivity index (χ2n) is 8.08. The summed E-state index contributed by atoms with van der Waals surface area (Å²) in [6.45, 7) is 0.378. The molecule has 6 nitrogen and oxygen atoms in total. The van der Waals surface area contributed by atoms with Crippen molar-refractivity contribution in [1.82, 2.24) is 20.4 Å². The maximum atomic E-state index is 13.1. The molecule has 28 heavy (non-hydrogen) atoms. The summed E-state index contributed by atoms with van der Waals surface area (Å²) in [5, 5.41) is 7.39. The molecule has 150 valence electrons. The number of nitrogens with zero attached hydrogens (tertiary/aromatic N) is 3. The quantitative estimate of drug-likeness (QED) is 0.797. The Bertz CT molecular complexity index is 749. The average Bonchev–Trinajstić information content (AvgIpc) is 3.23. The van der Waals surface area contributed by atoms with Crippen molar-refractivity contribution in [3.8, 4) is 11.4 Å². The molecule has 2 aromatic rings. The zero-order valence-corrected chi connectivity index (χ0v) is 16.5. The van der Waals surface area contributed by atoms with E-state index in [2.05, 4.69) is 15.5 Å².